The van der Waals surface area contributed by atoms with Gasteiger partial charge in [-0.05, 0) is 28.8 Å². The van der Waals surface area contributed by atoms with E-state index in [2.05, 4.69) is 37.4 Å². The summed E-state index contributed by atoms with van der Waals surface area (Å²) in [5.74, 6) is 1.93. The van der Waals surface area contributed by atoms with E-state index in [4.69, 9.17) is 0 Å². The summed E-state index contributed by atoms with van der Waals surface area (Å²) in [7, 11) is 1.80. The summed E-state index contributed by atoms with van der Waals surface area (Å²) < 4.78 is 1.14. The maximum absolute atomic E-state index is 4.25. The Labute approximate surface area is 131 Å². The number of thiazole rings is 1. The van der Waals surface area contributed by atoms with Crippen molar-refractivity contribution in [2.45, 2.75) is 17.3 Å². The highest BCUT2D eigenvalue weighted by atomic mass is 32.2. The average Bonchev–Trinajstić information content (AvgIpc) is 3.14. The first kappa shape index (κ1) is 15.3. The van der Waals surface area contributed by atoms with Crippen molar-refractivity contribution in [1.82, 2.24) is 15.6 Å². The molecule has 0 aliphatic rings. The quantitative estimate of drug-likeness (QED) is 0.355. The SMILES string of the molecule is CN=C(NCCCSc1nccs1)NCc1ccsc1. The number of hydrogen-bond donors (Lipinski definition) is 2. The minimum atomic E-state index is 0.817. The van der Waals surface area contributed by atoms with Crippen molar-refractivity contribution >= 4 is 40.4 Å². The highest BCUT2D eigenvalue weighted by molar-refractivity contribution is 8.00. The van der Waals surface area contributed by atoms with Gasteiger partial charge < -0.3 is 10.6 Å². The summed E-state index contributed by atoms with van der Waals surface area (Å²) in [6.45, 7) is 1.73. The van der Waals surface area contributed by atoms with Gasteiger partial charge >= 0.3 is 0 Å². The first-order valence-electron chi connectivity index (χ1n) is 6.36. The number of thiophene rings is 1. The number of aliphatic imine (C=N–C) groups is 1. The molecular formula is C13H18N4S3. The topological polar surface area (TPSA) is 49.3 Å². The summed E-state index contributed by atoms with van der Waals surface area (Å²) in [5.41, 5.74) is 1.29. The molecule has 0 radical (unpaired) electrons. The molecule has 0 amide bonds. The van der Waals surface area contributed by atoms with Gasteiger partial charge in [0.2, 0.25) is 0 Å². The van der Waals surface area contributed by atoms with Gasteiger partial charge in [-0.1, -0.05) is 11.8 Å². The van der Waals surface area contributed by atoms with E-state index in [9.17, 15) is 0 Å². The molecule has 2 aromatic rings. The Balaban J connectivity index is 1.57. The van der Waals surface area contributed by atoms with Crippen LogP contribution in [0.3, 0.4) is 0 Å². The summed E-state index contributed by atoms with van der Waals surface area (Å²) in [4.78, 5) is 8.46. The maximum atomic E-state index is 4.25. The van der Waals surface area contributed by atoms with E-state index in [-0.39, 0.29) is 0 Å². The Morgan fingerprint density at radius 1 is 1.40 bits per heavy atom. The van der Waals surface area contributed by atoms with Crippen LogP contribution < -0.4 is 10.6 Å². The van der Waals surface area contributed by atoms with Crippen molar-refractivity contribution < 1.29 is 0 Å². The maximum Gasteiger partial charge on any atom is 0.191 e. The fraction of sp³-hybridized carbons (Fsp3) is 0.385. The van der Waals surface area contributed by atoms with Crippen LogP contribution in [-0.4, -0.2) is 30.3 Å². The van der Waals surface area contributed by atoms with Gasteiger partial charge in [-0.3, -0.25) is 4.99 Å². The largest absolute Gasteiger partial charge is 0.356 e. The van der Waals surface area contributed by atoms with Crippen molar-refractivity contribution in [2.24, 2.45) is 4.99 Å². The molecule has 0 aliphatic carbocycles. The van der Waals surface area contributed by atoms with Gasteiger partial charge in [0.25, 0.3) is 0 Å². The lowest BCUT2D eigenvalue weighted by Crippen LogP contribution is -2.37. The van der Waals surface area contributed by atoms with E-state index in [0.717, 1.165) is 35.6 Å². The third-order valence-electron chi connectivity index (χ3n) is 2.51. The minimum absolute atomic E-state index is 0.817. The molecule has 0 saturated heterocycles. The molecule has 0 fully saturated rings. The van der Waals surface area contributed by atoms with Crippen molar-refractivity contribution in [3.8, 4) is 0 Å². The zero-order chi connectivity index (χ0) is 14.0. The van der Waals surface area contributed by atoms with Crippen LogP contribution in [0.15, 0.2) is 37.7 Å². The van der Waals surface area contributed by atoms with Gasteiger partial charge in [-0.15, -0.1) is 11.3 Å². The van der Waals surface area contributed by atoms with E-state index in [1.807, 2.05) is 11.6 Å². The van der Waals surface area contributed by atoms with Crippen LogP contribution in [0.1, 0.15) is 12.0 Å². The van der Waals surface area contributed by atoms with Gasteiger partial charge in [0, 0.05) is 37.5 Å². The third kappa shape index (κ3) is 5.52. The Bertz CT molecular complexity index is 494. The first-order chi connectivity index (χ1) is 9.88. The fourth-order valence-corrected chi connectivity index (χ4v) is 3.84. The molecule has 0 unspecified atom stereocenters. The lowest BCUT2D eigenvalue weighted by atomic mass is 10.3. The van der Waals surface area contributed by atoms with Crippen LogP contribution in [0, 0.1) is 0 Å². The molecular weight excluding hydrogens is 308 g/mol. The van der Waals surface area contributed by atoms with Crippen LogP contribution in [0.2, 0.25) is 0 Å². The lowest BCUT2D eigenvalue weighted by molar-refractivity contribution is 0.786. The minimum Gasteiger partial charge on any atom is -0.356 e. The molecule has 0 saturated carbocycles. The summed E-state index contributed by atoms with van der Waals surface area (Å²) in [6.07, 6.45) is 2.94. The number of nitrogens with zero attached hydrogens (tertiary/aromatic N) is 2. The van der Waals surface area contributed by atoms with Crippen LogP contribution in [0.5, 0.6) is 0 Å². The van der Waals surface area contributed by atoms with E-state index < -0.39 is 0 Å². The predicted octanol–water partition coefficient (Wildman–Crippen LogP) is 3.05. The average molecular weight is 327 g/mol. The molecule has 0 bridgehead atoms. The van der Waals surface area contributed by atoms with Crippen LogP contribution >= 0.6 is 34.4 Å². The molecule has 2 heterocycles. The third-order valence-corrected chi connectivity index (χ3v) is 5.30. The smallest absolute Gasteiger partial charge is 0.191 e. The molecule has 7 heteroatoms. The zero-order valence-corrected chi connectivity index (χ0v) is 13.8. The number of rotatable bonds is 7. The second kappa shape index (κ2) is 8.99. The van der Waals surface area contributed by atoms with Gasteiger partial charge in [0.05, 0.1) is 0 Å². The Morgan fingerprint density at radius 3 is 3.05 bits per heavy atom. The molecule has 20 heavy (non-hydrogen) atoms. The monoisotopic (exact) mass is 326 g/mol. The molecule has 4 nitrogen and oxygen atoms in total. The molecule has 2 N–H and O–H groups in total. The Kier molecular flexibility index (Phi) is 6.90. The van der Waals surface area contributed by atoms with Crippen LogP contribution in [0.4, 0.5) is 0 Å². The number of aromatic nitrogens is 1. The van der Waals surface area contributed by atoms with E-state index >= 15 is 0 Å². The molecule has 108 valence electrons. The molecule has 2 aromatic heterocycles. The Morgan fingerprint density at radius 2 is 2.35 bits per heavy atom. The van der Waals surface area contributed by atoms with Gasteiger partial charge in [-0.2, -0.15) is 11.3 Å². The standard InChI is InChI=1S/C13H18N4S3/c1-14-12(17-9-11-3-7-18-10-11)15-4-2-6-19-13-16-5-8-20-13/h3,5,7-8,10H,2,4,6,9H2,1H3,(H2,14,15,17). The van der Waals surface area contributed by atoms with Crippen molar-refractivity contribution in [3.05, 3.63) is 34.0 Å². The van der Waals surface area contributed by atoms with Crippen molar-refractivity contribution in [3.63, 3.8) is 0 Å². The normalized spacial score (nSPS) is 11.6. The highest BCUT2D eigenvalue weighted by Gasteiger charge is 1.99. The zero-order valence-electron chi connectivity index (χ0n) is 11.3. The molecule has 0 atom stereocenters. The number of guanidine groups is 1. The Hall–Kier alpha value is -1.05. The number of hydrogen-bond acceptors (Lipinski definition) is 5. The lowest BCUT2D eigenvalue weighted by Gasteiger charge is -2.10. The molecule has 2 rings (SSSR count). The van der Waals surface area contributed by atoms with Crippen LogP contribution in [0.25, 0.3) is 0 Å². The first-order valence-corrected chi connectivity index (χ1v) is 9.17. The molecule has 0 spiro atoms. The van der Waals surface area contributed by atoms with Gasteiger partial charge in [0.15, 0.2) is 5.96 Å². The number of nitrogens with one attached hydrogen (secondary N) is 2. The summed E-state index contributed by atoms with van der Waals surface area (Å²) in [5, 5.41) is 12.9. The summed E-state index contributed by atoms with van der Waals surface area (Å²) >= 11 is 5.21. The van der Waals surface area contributed by atoms with E-state index in [1.54, 1.807) is 41.5 Å². The predicted molar refractivity (Wildman–Crippen MR) is 90.0 cm³/mol. The second-order valence-corrected chi connectivity index (χ2v) is 7.00. The highest BCUT2D eigenvalue weighted by Crippen LogP contribution is 2.20. The van der Waals surface area contributed by atoms with Gasteiger partial charge in [-0.25, -0.2) is 4.98 Å². The van der Waals surface area contributed by atoms with Crippen molar-refractivity contribution in [2.75, 3.05) is 19.3 Å². The van der Waals surface area contributed by atoms with Crippen molar-refractivity contribution in [1.29, 1.82) is 0 Å². The molecule has 0 aliphatic heterocycles. The second-order valence-electron chi connectivity index (χ2n) is 3.98. The van der Waals surface area contributed by atoms with E-state index in [1.165, 1.54) is 5.56 Å². The van der Waals surface area contributed by atoms with Crippen LogP contribution in [-0.2, 0) is 6.54 Å². The van der Waals surface area contributed by atoms with E-state index in [0.29, 0.717) is 0 Å². The van der Waals surface area contributed by atoms with Gasteiger partial charge in [0.1, 0.15) is 4.34 Å². The molecule has 0 aromatic carbocycles. The fourth-order valence-electron chi connectivity index (χ4n) is 1.52. The summed E-state index contributed by atoms with van der Waals surface area (Å²) in [6, 6.07) is 2.12. The number of thioether (sulfide) groups is 1.